The van der Waals surface area contributed by atoms with Gasteiger partial charge in [-0.3, -0.25) is 0 Å². The fourth-order valence-corrected chi connectivity index (χ4v) is 4.42. The number of likely N-dealkylation sites (N-methyl/N-ethyl adjacent to an activating group) is 1. The second kappa shape index (κ2) is 13.4. The molecule has 0 amide bonds. The SMILES string of the molecule is CC(C)OC(=O)c1cccc(CCN(C)CCCC(C#N)(c2ccc(CO)c(CO)c2)C(C)C)c1. The van der Waals surface area contributed by atoms with Crippen LogP contribution in [0.5, 0.6) is 0 Å². The largest absolute Gasteiger partial charge is 0.459 e. The van der Waals surface area contributed by atoms with Crippen molar-refractivity contribution < 1.29 is 19.7 Å². The second-order valence-electron chi connectivity index (χ2n) is 9.85. The van der Waals surface area contributed by atoms with Crippen molar-refractivity contribution in [2.75, 3.05) is 20.1 Å². The molecule has 0 aliphatic rings. The predicted molar refractivity (Wildman–Crippen MR) is 138 cm³/mol. The van der Waals surface area contributed by atoms with Crippen molar-refractivity contribution in [2.45, 2.75) is 71.7 Å². The zero-order valence-electron chi connectivity index (χ0n) is 21.8. The third kappa shape index (κ3) is 7.63. The van der Waals surface area contributed by atoms with Gasteiger partial charge in [-0.05, 0) is 87.0 Å². The van der Waals surface area contributed by atoms with Gasteiger partial charge < -0.3 is 19.8 Å². The molecule has 0 aromatic heterocycles. The first-order chi connectivity index (χ1) is 16.7. The smallest absolute Gasteiger partial charge is 0.338 e. The molecule has 35 heavy (non-hydrogen) atoms. The molecule has 0 aliphatic carbocycles. The van der Waals surface area contributed by atoms with Crippen LogP contribution < -0.4 is 0 Å². The summed E-state index contributed by atoms with van der Waals surface area (Å²) in [6.07, 6.45) is 2.21. The van der Waals surface area contributed by atoms with Gasteiger partial charge in [0.15, 0.2) is 0 Å². The van der Waals surface area contributed by atoms with Crippen LogP contribution >= 0.6 is 0 Å². The van der Waals surface area contributed by atoms with Gasteiger partial charge in [0.2, 0.25) is 0 Å². The molecule has 6 nitrogen and oxygen atoms in total. The highest BCUT2D eigenvalue weighted by Crippen LogP contribution is 2.37. The van der Waals surface area contributed by atoms with Gasteiger partial charge in [-0.15, -0.1) is 0 Å². The summed E-state index contributed by atoms with van der Waals surface area (Å²) in [5, 5.41) is 29.4. The maximum Gasteiger partial charge on any atom is 0.338 e. The van der Waals surface area contributed by atoms with E-state index in [-0.39, 0.29) is 31.2 Å². The number of benzene rings is 2. The molecule has 1 atom stereocenters. The van der Waals surface area contributed by atoms with Gasteiger partial charge in [0, 0.05) is 6.54 Å². The monoisotopic (exact) mass is 480 g/mol. The van der Waals surface area contributed by atoms with Crippen LogP contribution in [0, 0.1) is 17.2 Å². The Morgan fingerprint density at radius 3 is 2.37 bits per heavy atom. The van der Waals surface area contributed by atoms with E-state index in [0.717, 1.165) is 37.1 Å². The molecule has 0 heterocycles. The Balaban J connectivity index is 2.00. The van der Waals surface area contributed by atoms with Gasteiger partial charge in [-0.25, -0.2) is 4.79 Å². The van der Waals surface area contributed by atoms with Gasteiger partial charge in [0.05, 0.1) is 36.4 Å². The number of esters is 1. The molecule has 0 spiro atoms. The number of hydrogen-bond donors (Lipinski definition) is 2. The van der Waals surface area contributed by atoms with E-state index in [2.05, 4.69) is 31.9 Å². The highest BCUT2D eigenvalue weighted by Gasteiger charge is 2.36. The summed E-state index contributed by atoms with van der Waals surface area (Å²) in [6, 6.07) is 15.8. The maximum absolute atomic E-state index is 12.2. The minimum atomic E-state index is -0.663. The lowest BCUT2D eigenvalue weighted by Gasteiger charge is -2.32. The van der Waals surface area contributed by atoms with Crippen LogP contribution in [0.1, 0.15) is 73.1 Å². The highest BCUT2D eigenvalue weighted by molar-refractivity contribution is 5.89. The summed E-state index contributed by atoms with van der Waals surface area (Å²) < 4.78 is 5.29. The first kappa shape index (κ1) is 28.5. The molecule has 0 aliphatic heterocycles. The molecule has 0 bridgehead atoms. The second-order valence-corrected chi connectivity index (χ2v) is 9.85. The first-order valence-electron chi connectivity index (χ1n) is 12.4. The molecule has 0 fully saturated rings. The molecule has 2 aromatic rings. The number of nitriles is 1. The lowest BCUT2D eigenvalue weighted by atomic mass is 9.69. The summed E-state index contributed by atoms with van der Waals surface area (Å²) in [5.41, 5.74) is 3.25. The maximum atomic E-state index is 12.2. The number of carbonyl (C=O) groups is 1. The van der Waals surface area contributed by atoms with Gasteiger partial charge in [0.25, 0.3) is 0 Å². The number of hydrogen-bond acceptors (Lipinski definition) is 6. The van der Waals surface area contributed by atoms with Crippen molar-refractivity contribution in [3.8, 4) is 6.07 Å². The molecule has 1 unspecified atom stereocenters. The van der Waals surface area contributed by atoms with Crippen LogP contribution in [0.25, 0.3) is 0 Å². The predicted octanol–water partition coefficient (Wildman–Crippen LogP) is 4.61. The van der Waals surface area contributed by atoms with Crippen molar-refractivity contribution in [1.82, 2.24) is 4.90 Å². The van der Waals surface area contributed by atoms with Gasteiger partial charge in [-0.2, -0.15) is 5.26 Å². The van der Waals surface area contributed by atoms with Gasteiger partial charge >= 0.3 is 5.97 Å². The van der Waals surface area contributed by atoms with Gasteiger partial charge in [-0.1, -0.05) is 44.2 Å². The summed E-state index contributed by atoms with van der Waals surface area (Å²) in [7, 11) is 2.07. The van der Waals surface area contributed by atoms with Crippen molar-refractivity contribution in [3.05, 3.63) is 70.3 Å². The Hall–Kier alpha value is -2.72. The van der Waals surface area contributed by atoms with E-state index >= 15 is 0 Å². The fourth-order valence-electron chi connectivity index (χ4n) is 4.42. The van der Waals surface area contributed by atoms with Crippen molar-refractivity contribution in [3.63, 3.8) is 0 Å². The average molecular weight is 481 g/mol. The normalized spacial score (nSPS) is 13.2. The fraction of sp³-hybridized carbons (Fsp3) is 0.517. The highest BCUT2D eigenvalue weighted by atomic mass is 16.5. The molecule has 6 heteroatoms. The summed E-state index contributed by atoms with van der Waals surface area (Å²) in [6.45, 7) is 9.17. The molecule has 0 saturated carbocycles. The van der Waals surface area contributed by atoms with E-state index in [4.69, 9.17) is 4.74 Å². The van der Waals surface area contributed by atoms with Gasteiger partial charge in [0.1, 0.15) is 0 Å². The van der Waals surface area contributed by atoms with Crippen molar-refractivity contribution in [2.24, 2.45) is 5.92 Å². The van der Waals surface area contributed by atoms with E-state index in [1.54, 1.807) is 6.07 Å². The van der Waals surface area contributed by atoms with Crippen LogP contribution in [0.2, 0.25) is 0 Å². The Kier molecular flexibility index (Phi) is 10.9. The van der Waals surface area contributed by atoms with Crippen LogP contribution in [-0.2, 0) is 29.8 Å². The number of aliphatic hydroxyl groups excluding tert-OH is 2. The molecule has 2 aromatic carbocycles. The lowest BCUT2D eigenvalue weighted by molar-refractivity contribution is 0.0377. The number of rotatable bonds is 13. The van der Waals surface area contributed by atoms with E-state index in [1.807, 2.05) is 50.2 Å². The molecule has 2 N–H and O–H groups in total. The Morgan fingerprint density at radius 2 is 1.77 bits per heavy atom. The molecule has 2 rings (SSSR count). The van der Waals surface area contributed by atoms with Crippen LogP contribution in [0.4, 0.5) is 0 Å². The molecule has 190 valence electrons. The number of aliphatic hydroxyl groups is 2. The summed E-state index contributed by atoms with van der Waals surface area (Å²) in [4.78, 5) is 14.4. The van der Waals surface area contributed by atoms with E-state index in [9.17, 15) is 20.3 Å². The Labute approximate surface area is 210 Å². The number of carbonyl (C=O) groups excluding carboxylic acids is 1. The van der Waals surface area contributed by atoms with E-state index in [0.29, 0.717) is 23.1 Å². The molecular formula is C29H40N2O4. The number of ether oxygens (including phenoxy) is 1. The molecule has 0 saturated heterocycles. The Bertz CT molecular complexity index is 1010. The summed E-state index contributed by atoms with van der Waals surface area (Å²) >= 11 is 0. The van der Waals surface area contributed by atoms with E-state index in [1.165, 1.54) is 0 Å². The minimum Gasteiger partial charge on any atom is -0.459 e. The quantitative estimate of drug-likeness (QED) is 0.407. The third-order valence-electron chi connectivity index (χ3n) is 6.65. The topological polar surface area (TPSA) is 93.8 Å². The zero-order chi connectivity index (χ0) is 26.0. The third-order valence-corrected chi connectivity index (χ3v) is 6.65. The van der Waals surface area contributed by atoms with Crippen LogP contribution in [-0.4, -0.2) is 47.3 Å². The molecule has 0 radical (unpaired) electrons. The lowest BCUT2D eigenvalue weighted by Crippen LogP contribution is -2.33. The van der Waals surface area contributed by atoms with Crippen molar-refractivity contribution >= 4 is 5.97 Å². The van der Waals surface area contributed by atoms with E-state index < -0.39 is 5.41 Å². The standard InChI is InChI=1S/C29H40N2O4/c1-21(2)29(20-30,27-11-10-25(18-32)26(17-27)19-33)13-7-14-31(5)15-12-23-8-6-9-24(16-23)28(34)35-22(3)4/h6,8-11,16-17,21-22,32-33H,7,12-15,18-19H2,1-5H3. The first-order valence-corrected chi connectivity index (χ1v) is 12.4. The molecular weight excluding hydrogens is 440 g/mol. The van der Waals surface area contributed by atoms with Crippen molar-refractivity contribution in [1.29, 1.82) is 5.26 Å². The zero-order valence-corrected chi connectivity index (χ0v) is 21.8. The van der Waals surface area contributed by atoms with Crippen LogP contribution in [0.3, 0.4) is 0 Å². The Morgan fingerprint density at radius 1 is 1.06 bits per heavy atom. The van der Waals surface area contributed by atoms with Crippen LogP contribution in [0.15, 0.2) is 42.5 Å². The average Bonchev–Trinajstić information content (AvgIpc) is 2.84. The summed E-state index contributed by atoms with van der Waals surface area (Å²) in [5.74, 6) is -0.203. The minimum absolute atomic E-state index is 0.0951. The number of nitrogens with zero attached hydrogens (tertiary/aromatic N) is 2.